The zero-order valence-electron chi connectivity index (χ0n) is 23.9. The molecule has 14 heteroatoms. The van der Waals surface area contributed by atoms with Crippen LogP contribution in [0, 0.1) is 6.92 Å². The van der Waals surface area contributed by atoms with Crippen LogP contribution >= 0.6 is 0 Å². The number of fused-ring (bicyclic) bond motifs is 2. The molecule has 0 fully saturated rings. The lowest BCUT2D eigenvalue weighted by Crippen LogP contribution is -2.44. The summed E-state index contributed by atoms with van der Waals surface area (Å²) in [7, 11) is -3.18. The Hall–Kier alpha value is -4.07. The van der Waals surface area contributed by atoms with Gasteiger partial charge in [0.05, 0.1) is 48.5 Å². The van der Waals surface area contributed by atoms with Crippen LogP contribution in [0.25, 0.3) is 0 Å². The van der Waals surface area contributed by atoms with Gasteiger partial charge in [0.1, 0.15) is 17.9 Å². The predicted molar refractivity (Wildman–Crippen MR) is 153 cm³/mol. The lowest BCUT2D eigenvalue weighted by Gasteiger charge is -2.37. The lowest BCUT2D eigenvalue weighted by atomic mass is 10.0. The van der Waals surface area contributed by atoms with E-state index in [9.17, 15) is 13.2 Å². The zero-order valence-corrected chi connectivity index (χ0v) is 24.8. The summed E-state index contributed by atoms with van der Waals surface area (Å²) in [5.74, 6) is -3.00. The molecule has 0 spiro atoms. The van der Waals surface area contributed by atoms with Crippen LogP contribution < -0.4 is 19.9 Å². The van der Waals surface area contributed by atoms with Crippen LogP contribution in [0.4, 0.5) is 36.6 Å². The number of carbonyl (C=O) groups excluding carboxylic acids is 1. The molecule has 0 unspecified atom stereocenters. The number of alkyl halides is 2. The maximum Gasteiger partial charge on any atom is 0.415 e. The quantitative estimate of drug-likeness (QED) is 0.439. The van der Waals surface area contributed by atoms with E-state index in [-0.39, 0.29) is 48.5 Å². The smallest absolute Gasteiger partial charge is 0.415 e. The third kappa shape index (κ3) is 6.37. The third-order valence-electron chi connectivity index (χ3n) is 6.65. The number of hydrogen-bond donors (Lipinski definition) is 1. The minimum absolute atomic E-state index is 0.0457. The second-order valence-corrected chi connectivity index (χ2v) is 13.5. The monoisotopic (exact) mass is 602 g/mol. The highest BCUT2D eigenvalue weighted by Gasteiger charge is 2.43. The van der Waals surface area contributed by atoms with Gasteiger partial charge in [-0.1, -0.05) is 12.1 Å². The summed E-state index contributed by atoms with van der Waals surface area (Å²) in [6, 6.07) is 6.66. The van der Waals surface area contributed by atoms with E-state index in [0.29, 0.717) is 28.2 Å². The Morgan fingerprint density at radius 3 is 2.55 bits per heavy atom. The van der Waals surface area contributed by atoms with Crippen LogP contribution in [0.5, 0.6) is 5.88 Å². The molecule has 11 nitrogen and oxygen atoms in total. The molecular formula is C28H32F2N6O5S. The van der Waals surface area contributed by atoms with Gasteiger partial charge in [-0.05, 0) is 45.4 Å². The largest absolute Gasteiger partial charge is 0.474 e. The average molecular weight is 603 g/mol. The number of rotatable bonds is 5. The molecule has 0 saturated heterocycles. The minimum atomic E-state index is -3.26. The number of carbonyl (C=O) groups is 1. The highest BCUT2D eigenvalue weighted by Crippen LogP contribution is 2.43. The van der Waals surface area contributed by atoms with Crippen molar-refractivity contribution in [3.8, 4) is 5.88 Å². The van der Waals surface area contributed by atoms with Crippen LogP contribution in [0.1, 0.15) is 43.2 Å². The molecule has 1 amide bonds. The van der Waals surface area contributed by atoms with Crippen LogP contribution in [0.2, 0.25) is 0 Å². The summed E-state index contributed by atoms with van der Waals surface area (Å²) in [4.78, 5) is 28.7. The normalized spacial score (nSPS) is 16.3. The number of benzene rings is 1. The van der Waals surface area contributed by atoms with Crippen LogP contribution in [0.15, 0.2) is 36.7 Å². The van der Waals surface area contributed by atoms with Crippen molar-refractivity contribution in [3.63, 3.8) is 0 Å². The first kappa shape index (κ1) is 29.4. The SMILES string of the molecule is Cc1c(N2Cc3nc(Nc4ccc(CS(C)(=O)=O)cc4)ncc3C(F)(F)C2)cnc2c1N(C(=O)OC(C)(C)C)CCO2. The maximum absolute atomic E-state index is 15.4. The summed E-state index contributed by atoms with van der Waals surface area (Å²) in [6.45, 7) is 6.89. The fourth-order valence-electron chi connectivity index (χ4n) is 4.90. The lowest BCUT2D eigenvalue weighted by molar-refractivity contribution is -0.00357. The number of ether oxygens (including phenoxy) is 2. The molecule has 224 valence electrons. The van der Waals surface area contributed by atoms with Crippen molar-refractivity contribution in [2.75, 3.05) is 41.1 Å². The Labute approximate surface area is 242 Å². The Morgan fingerprint density at radius 1 is 1.17 bits per heavy atom. The number of hydrogen-bond acceptors (Lipinski definition) is 10. The van der Waals surface area contributed by atoms with E-state index in [4.69, 9.17) is 9.47 Å². The number of anilines is 4. The standard InChI is InChI=1S/C28H32F2N6O5S/c1-17-22(13-31-24-23(17)36(10-11-40-24)26(37)41-27(2,3)4)35-14-21-20(28(29,30)16-35)12-32-25(34-21)33-19-8-6-18(7-9-19)15-42(5,38)39/h6-9,12-13H,10-11,14-16H2,1-5H3,(H,32,33,34). The minimum Gasteiger partial charge on any atom is -0.474 e. The fourth-order valence-corrected chi connectivity index (χ4v) is 5.70. The molecule has 0 bridgehead atoms. The van der Waals surface area contributed by atoms with Crippen molar-refractivity contribution in [2.45, 2.75) is 51.5 Å². The molecule has 0 atom stereocenters. The van der Waals surface area contributed by atoms with Crippen molar-refractivity contribution in [2.24, 2.45) is 0 Å². The molecule has 2 aliphatic rings. The molecule has 0 radical (unpaired) electrons. The van der Waals surface area contributed by atoms with Gasteiger partial charge in [-0.15, -0.1) is 0 Å². The number of pyridine rings is 1. The molecule has 5 rings (SSSR count). The Balaban J connectivity index is 1.42. The number of nitrogens with zero attached hydrogens (tertiary/aromatic N) is 5. The van der Waals surface area contributed by atoms with E-state index >= 15 is 8.78 Å². The Kier molecular flexibility index (Phi) is 7.46. The van der Waals surface area contributed by atoms with Crippen LogP contribution in [-0.2, 0) is 32.8 Å². The van der Waals surface area contributed by atoms with Gasteiger partial charge in [-0.2, -0.15) is 8.78 Å². The summed E-state index contributed by atoms with van der Waals surface area (Å²) in [6.07, 6.45) is 3.17. The number of halogens is 2. The summed E-state index contributed by atoms with van der Waals surface area (Å²) in [5, 5.41) is 2.99. The number of aromatic nitrogens is 3. The van der Waals surface area contributed by atoms with Crippen LogP contribution in [-0.4, -0.2) is 61.0 Å². The average Bonchev–Trinajstić information content (AvgIpc) is 2.87. The Bertz CT molecular complexity index is 1630. The second-order valence-electron chi connectivity index (χ2n) is 11.4. The molecule has 1 N–H and O–H groups in total. The van der Waals surface area contributed by atoms with Gasteiger partial charge < -0.3 is 19.7 Å². The van der Waals surface area contributed by atoms with Gasteiger partial charge in [-0.3, -0.25) is 4.90 Å². The van der Waals surface area contributed by atoms with Gasteiger partial charge in [0, 0.05) is 23.7 Å². The van der Waals surface area contributed by atoms with Gasteiger partial charge in [0.25, 0.3) is 5.92 Å². The summed E-state index contributed by atoms with van der Waals surface area (Å²) in [5.41, 5.74) is 1.67. The third-order valence-corrected chi connectivity index (χ3v) is 7.51. The van der Waals surface area contributed by atoms with E-state index in [0.717, 1.165) is 12.5 Å². The number of sulfone groups is 1. The molecule has 4 heterocycles. The zero-order chi connectivity index (χ0) is 30.4. The van der Waals surface area contributed by atoms with E-state index < -0.39 is 34.0 Å². The first-order chi connectivity index (χ1) is 19.6. The molecule has 2 aromatic heterocycles. The van der Waals surface area contributed by atoms with Crippen molar-refractivity contribution in [1.82, 2.24) is 15.0 Å². The molecule has 3 aromatic rings. The van der Waals surface area contributed by atoms with E-state index in [1.54, 1.807) is 52.0 Å². The highest BCUT2D eigenvalue weighted by atomic mass is 32.2. The van der Waals surface area contributed by atoms with Crippen molar-refractivity contribution < 1.29 is 31.5 Å². The fraction of sp³-hybridized carbons (Fsp3) is 0.429. The molecule has 1 aromatic carbocycles. The van der Waals surface area contributed by atoms with E-state index in [2.05, 4.69) is 20.3 Å². The first-order valence-corrected chi connectivity index (χ1v) is 15.3. The summed E-state index contributed by atoms with van der Waals surface area (Å²) < 4.78 is 65.2. The van der Waals surface area contributed by atoms with Crippen molar-refractivity contribution in [1.29, 1.82) is 0 Å². The van der Waals surface area contributed by atoms with Gasteiger partial charge in [0.15, 0.2) is 9.84 Å². The number of amides is 1. The molecule has 0 aliphatic carbocycles. The van der Waals surface area contributed by atoms with Gasteiger partial charge >= 0.3 is 6.09 Å². The second kappa shape index (κ2) is 10.6. The molecule has 42 heavy (non-hydrogen) atoms. The molecule has 0 saturated carbocycles. The molecular weight excluding hydrogens is 570 g/mol. The molecule has 2 aliphatic heterocycles. The van der Waals surface area contributed by atoms with Gasteiger partial charge in [0.2, 0.25) is 11.8 Å². The van der Waals surface area contributed by atoms with Gasteiger partial charge in [-0.25, -0.2) is 28.2 Å². The topological polar surface area (TPSA) is 127 Å². The number of nitrogens with one attached hydrogen (secondary N) is 1. The highest BCUT2D eigenvalue weighted by molar-refractivity contribution is 7.89. The van der Waals surface area contributed by atoms with E-state index in [1.807, 2.05) is 0 Å². The van der Waals surface area contributed by atoms with Crippen LogP contribution in [0.3, 0.4) is 0 Å². The van der Waals surface area contributed by atoms with E-state index in [1.165, 1.54) is 16.0 Å². The van der Waals surface area contributed by atoms with Crippen molar-refractivity contribution >= 4 is 38.9 Å². The first-order valence-electron chi connectivity index (χ1n) is 13.3. The maximum atomic E-state index is 15.4. The summed E-state index contributed by atoms with van der Waals surface area (Å²) >= 11 is 0. The Morgan fingerprint density at radius 2 is 1.88 bits per heavy atom. The predicted octanol–water partition coefficient (Wildman–Crippen LogP) is 4.71. The van der Waals surface area contributed by atoms with Crippen molar-refractivity contribution in [3.05, 3.63) is 59.0 Å².